The fraction of sp³-hybridized carbons (Fsp3) is 0.455. The van der Waals surface area contributed by atoms with Crippen molar-refractivity contribution < 1.29 is 9.53 Å². The number of nitrogens with zero attached hydrogens (tertiary/aromatic N) is 1. The van der Waals surface area contributed by atoms with Crippen LogP contribution in [0, 0.1) is 0 Å². The Bertz CT molecular complexity index is 405. The fourth-order valence-electron chi connectivity index (χ4n) is 1.59. The van der Waals surface area contributed by atoms with E-state index < -0.39 is 5.97 Å². The first-order chi connectivity index (χ1) is 7.70. The smallest absolute Gasteiger partial charge is 0.341 e. The molecular formula is C11H13ClN2O2. The van der Waals surface area contributed by atoms with Crippen LogP contribution in [0.1, 0.15) is 29.6 Å². The van der Waals surface area contributed by atoms with E-state index in [2.05, 4.69) is 15.0 Å². The molecule has 1 N–H and O–H groups in total. The van der Waals surface area contributed by atoms with Crippen molar-refractivity contribution in [3.05, 3.63) is 23.0 Å². The highest BCUT2D eigenvalue weighted by atomic mass is 35.5. The van der Waals surface area contributed by atoms with E-state index in [0.29, 0.717) is 22.4 Å². The molecule has 1 aliphatic rings. The Kier molecular flexibility index (Phi) is 3.29. The summed E-state index contributed by atoms with van der Waals surface area (Å²) in [7, 11) is 1.35. The predicted molar refractivity (Wildman–Crippen MR) is 61.8 cm³/mol. The van der Waals surface area contributed by atoms with Crippen LogP contribution in [-0.4, -0.2) is 24.1 Å². The molecule has 0 unspecified atom stereocenters. The number of pyridine rings is 1. The summed E-state index contributed by atoms with van der Waals surface area (Å²) in [6.45, 7) is 0. The van der Waals surface area contributed by atoms with Crippen LogP contribution >= 0.6 is 11.6 Å². The van der Waals surface area contributed by atoms with Crippen molar-refractivity contribution >= 4 is 23.3 Å². The first-order valence-electron chi connectivity index (χ1n) is 5.21. The second-order valence-electron chi connectivity index (χ2n) is 3.82. The minimum absolute atomic E-state index is 0.370. The van der Waals surface area contributed by atoms with Crippen LogP contribution in [0.2, 0.25) is 5.15 Å². The van der Waals surface area contributed by atoms with E-state index in [1.54, 1.807) is 6.07 Å². The standard InChI is InChI=1S/C11H13ClN2O2/c1-16-11(15)8-6-13-10(12)5-9(8)14-7-3-2-4-7/h5-7H,2-4H2,1H3,(H,13,14). The number of anilines is 1. The van der Waals surface area contributed by atoms with E-state index in [-0.39, 0.29) is 0 Å². The highest BCUT2D eigenvalue weighted by molar-refractivity contribution is 6.29. The van der Waals surface area contributed by atoms with Crippen molar-refractivity contribution in [3.63, 3.8) is 0 Å². The summed E-state index contributed by atoms with van der Waals surface area (Å²) in [4.78, 5) is 15.4. The number of hydrogen-bond acceptors (Lipinski definition) is 4. The summed E-state index contributed by atoms with van der Waals surface area (Å²) in [5.74, 6) is -0.397. The number of carbonyl (C=O) groups is 1. The molecule has 1 heterocycles. The first-order valence-corrected chi connectivity index (χ1v) is 5.59. The van der Waals surface area contributed by atoms with Crippen molar-refractivity contribution in [3.8, 4) is 0 Å². The zero-order chi connectivity index (χ0) is 11.5. The van der Waals surface area contributed by atoms with Gasteiger partial charge in [0.2, 0.25) is 0 Å². The van der Waals surface area contributed by atoms with Gasteiger partial charge in [-0.25, -0.2) is 9.78 Å². The number of rotatable bonds is 3. The third-order valence-corrected chi connectivity index (χ3v) is 2.95. The summed E-state index contributed by atoms with van der Waals surface area (Å²) < 4.78 is 4.69. The van der Waals surface area contributed by atoms with Crippen LogP contribution in [-0.2, 0) is 4.74 Å². The van der Waals surface area contributed by atoms with E-state index in [1.165, 1.54) is 19.7 Å². The molecular weight excluding hydrogens is 228 g/mol. The Morgan fingerprint density at radius 3 is 2.94 bits per heavy atom. The van der Waals surface area contributed by atoms with E-state index in [0.717, 1.165) is 12.8 Å². The Morgan fingerprint density at radius 1 is 1.62 bits per heavy atom. The topological polar surface area (TPSA) is 51.2 Å². The summed E-state index contributed by atoms with van der Waals surface area (Å²) in [5, 5.41) is 3.65. The van der Waals surface area contributed by atoms with Gasteiger partial charge in [0.15, 0.2) is 0 Å². The maximum Gasteiger partial charge on any atom is 0.341 e. The second-order valence-corrected chi connectivity index (χ2v) is 4.20. The number of hydrogen-bond donors (Lipinski definition) is 1. The summed E-state index contributed by atoms with van der Waals surface area (Å²) in [6, 6.07) is 2.09. The lowest BCUT2D eigenvalue weighted by Crippen LogP contribution is -2.28. The van der Waals surface area contributed by atoms with E-state index >= 15 is 0 Å². The van der Waals surface area contributed by atoms with E-state index in [1.807, 2.05) is 0 Å². The third kappa shape index (κ3) is 2.27. The van der Waals surface area contributed by atoms with Crippen LogP contribution < -0.4 is 5.32 Å². The molecule has 16 heavy (non-hydrogen) atoms. The zero-order valence-electron chi connectivity index (χ0n) is 9.00. The van der Waals surface area contributed by atoms with Gasteiger partial charge < -0.3 is 10.1 Å². The van der Waals surface area contributed by atoms with Gasteiger partial charge in [0.05, 0.1) is 12.8 Å². The number of ether oxygens (including phenoxy) is 1. The largest absolute Gasteiger partial charge is 0.465 e. The maximum absolute atomic E-state index is 11.5. The van der Waals surface area contributed by atoms with E-state index in [9.17, 15) is 4.79 Å². The summed E-state index contributed by atoms with van der Waals surface area (Å²) in [6.07, 6.45) is 4.92. The summed E-state index contributed by atoms with van der Waals surface area (Å²) in [5.41, 5.74) is 1.13. The number of nitrogens with one attached hydrogen (secondary N) is 1. The number of carbonyl (C=O) groups excluding carboxylic acids is 1. The molecule has 0 atom stereocenters. The minimum Gasteiger partial charge on any atom is -0.465 e. The van der Waals surface area contributed by atoms with Gasteiger partial charge in [0.1, 0.15) is 10.7 Å². The molecule has 0 amide bonds. The Labute approximate surface area is 99.0 Å². The lowest BCUT2D eigenvalue weighted by Gasteiger charge is -2.28. The van der Waals surface area contributed by atoms with Gasteiger partial charge in [0, 0.05) is 12.2 Å². The molecule has 0 radical (unpaired) electrons. The first kappa shape index (κ1) is 11.2. The van der Waals surface area contributed by atoms with Crippen LogP contribution in [0.15, 0.2) is 12.3 Å². The minimum atomic E-state index is -0.397. The number of halogens is 1. The average Bonchev–Trinajstić information content (AvgIpc) is 2.22. The molecule has 0 aliphatic heterocycles. The molecule has 1 aromatic heterocycles. The molecule has 0 bridgehead atoms. The van der Waals surface area contributed by atoms with Gasteiger partial charge in [0.25, 0.3) is 0 Å². The quantitative estimate of drug-likeness (QED) is 0.652. The zero-order valence-corrected chi connectivity index (χ0v) is 9.75. The average molecular weight is 241 g/mol. The number of esters is 1. The normalized spacial score (nSPS) is 15.4. The van der Waals surface area contributed by atoms with Gasteiger partial charge in [-0.05, 0) is 25.3 Å². The maximum atomic E-state index is 11.5. The van der Waals surface area contributed by atoms with Crippen LogP contribution in [0.25, 0.3) is 0 Å². The summed E-state index contributed by atoms with van der Waals surface area (Å²) >= 11 is 5.81. The van der Waals surface area contributed by atoms with Gasteiger partial charge in [-0.1, -0.05) is 11.6 Å². The van der Waals surface area contributed by atoms with Crippen LogP contribution in [0.3, 0.4) is 0 Å². The lowest BCUT2D eigenvalue weighted by atomic mass is 9.93. The number of aromatic nitrogens is 1. The molecule has 1 aliphatic carbocycles. The van der Waals surface area contributed by atoms with Crippen molar-refractivity contribution in [1.82, 2.24) is 4.98 Å². The van der Waals surface area contributed by atoms with Gasteiger partial charge in [-0.15, -0.1) is 0 Å². The molecule has 0 aromatic carbocycles. The van der Waals surface area contributed by atoms with Gasteiger partial charge in [-0.2, -0.15) is 0 Å². The SMILES string of the molecule is COC(=O)c1cnc(Cl)cc1NC1CCC1. The third-order valence-electron chi connectivity index (χ3n) is 2.74. The van der Waals surface area contributed by atoms with Crippen LogP contribution in [0.4, 0.5) is 5.69 Å². The molecule has 1 fully saturated rings. The Hall–Kier alpha value is -1.29. The van der Waals surface area contributed by atoms with Crippen LogP contribution in [0.5, 0.6) is 0 Å². The highest BCUT2D eigenvalue weighted by Gasteiger charge is 2.20. The van der Waals surface area contributed by atoms with Crippen molar-refractivity contribution in [1.29, 1.82) is 0 Å². The highest BCUT2D eigenvalue weighted by Crippen LogP contribution is 2.26. The molecule has 2 rings (SSSR count). The molecule has 0 spiro atoms. The lowest BCUT2D eigenvalue weighted by molar-refractivity contribution is 0.0601. The molecule has 0 saturated heterocycles. The molecule has 5 heteroatoms. The second kappa shape index (κ2) is 4.70. The molecule has 1 aromatic rings. The monoisotopic (exact) mass is 240 g/mol. The fourth-order valence-corrected chi connectivity index (χ4v) is 1.75. The van der Waals surface area contributed by atoms with Crippen molar-refractivity contribution in [2.75, 3.05) is 12.4 Å². The van der Waals surface area contributed by atoms with Gasteiger partial charge in [-0.3, -0.25) is 0 Å². The van der Waals surface area contributed by atoms with Crippen molar-refractivity contribution in [2.24, 2.45) is 0 Å². The number of methoxy groups -OCH3 is 1. The van der Waals surface area contributed by atoms with Gasteiger partial charge >= 0.3 is 5.97 Å². The molecule has 86 valence electrons. The predicted octanol–water partition coefficient (Wildman–Crippen LogP) is 2.49. The Morgan fingerprint density at radius 2 is 2.38 bits per heavy atom. The molecule has 1 saturated carbocycles. The van der Waals surface area contributed by atoms with Crippen molar-refractivity contribution in [2.45, 2.75) is 25.3 Å². The molecule has 4 nitrogen and oxygen atoms in total. The van der Waals surface area contributed by atoms with E-state index in [4.69, 9.17) is 11.6 Å². The Balaban J connectivity index is 2.24.